The van der Waals surface area contributed by atoms with E-state index < -0.39 is 5.41 Å². The van der Waals surface area contributed by atoms with Gasteiger partial charge in [-0.05, 0) is 18.6 Å². The van der Waals surface area contributed by atoms with E-state index >= 15 is 0 Å². The number of pyridine rings is 1. The van der Waals surface area contributed by atoms with Crippen LogP contribution in [0.25, 0.3) is 5.52 Å². The average molecular weight is 366 g/mol. The Labute approximate surface area is 151 Å². The summed E-state index contributed by atoms with van der Waals surface area (Å²) in [6.07, 6.45) is 3.47. The Hall–Kier alpha value is -2.12. The first-order valence-electron chi connectivity index (χ1n) is 7.94. The van der Waals surface area contributed by atoms with Gasteiger partial charge in [0.05, 0.1) is 37.6 Å². The number of ether oxygens (including phenoxy) is 2. The number of aryl methyl sites for hydroxylation is 1. The largest absolute Gasteiger partial charge is 0.468 e. The number of carbonyl (C=O) groups is 2. The molecule has 0 bridgehead atoms. The summed E-state index contributed by atoms with van der Waals surface area (Å²) in [4.78, 5) is 27.0. The van der Waals surface area contributed by atoms with Crippen molar-refractivity contribution in [3.8, 4) is 0 Å². The molecule has 2 aliphatic rings. The van der Waals surface area contributed by atoms with Crippen LogP contribution in [-0.2, 0) is 14.3 Å². The van der Waals surface area contributed by atoms with E-state index in [9.17, 15) is 9.59 Å². The van der Waals surface area contributed by atoms with Crippen molar-refractivity contribution in [3.05, 3.63) is 35.7 Å². The molecule has 0 aromatic carbocycles. The highest BCUT2D eigenvalue weighted by atomic mass is 35.5. The molecule has 2 aromatic heterocycles. The SMILES string of the molecule is COC(=O)[C@@]12COC[C@@H]1CN(C(=O)c1cnn3cc(C)ccc13)C2.Cl. The fourth-order valence-electron chi connectivity index (χ4n) is 3.80. The summed E-state index contributed by atoms with van der Waals surface area (Å²) in [5, 5.41) is 4.27. The van der Waals surface area contributed by atoms with E-state index in [4.69, 9.17) is 9.47 Å². The maximum absolute atomic E-state index is 13.0. The number of fused-ring (bicyclic) bond motifs is 2. The highest BCUT2D eigenvalue weighted by Crippen LogP contribution is 2.42. The standard InChI is InChI=1S/C17H19N3O4.ClH/c1-11-3-4-14-13(5-18-20(14)6-11)15(21)19-7-12-8-24-10-17(12,9-19)16(22)23-2;/h3-6,12H,7-10H2,1-2H3;1H/t12-,17-;/m0./s1. The number of halogens is 1. The molecule has 0 unspecified atom stereocenters. The first-order chi connectivity index (χ1) is 11.5. The minimum Gasteiger partial charge on any atom is -0.468 e. The minimum atomic E-state index is -0.732. The van der Waals surface area contributed by atoms with Crippen LogP contribution in [0.2, 0.25) is 0 Å². The van der Waals surface area contributed by atoms with Crippen molar-refractivity contribution < 1.29 is 19.1 Å². The summed E-state index contributed by atoms with van der Waals surface area (Å²) in [5.74, 6) is -0.416. The van der Waals surface area contributed by atoms with Gasteiger partial charge in [0.1, 0.15) is 5.41 Å². The second-order valence-corrected chi connectivity index (χ2v) is 6.64. The average Bonchev–Trinajstić information content (AvgIpc) is 3.24. The van der Waals surface area contributed by atoms with Crippen molar-refractivity contribution in [2.24, 2.45) is 11.3 Å². The van der Waals surface area contributed by atoms with E-state index in [1.165, 1.54) is 7.11 Å². The molecule has 4 heterocycles. The lowest BCUT2D eigenvalue weighted by atomic mass is 9.81. The number of hydrogen-bond acceptors (Lipinski definition) is 5. The van der Waals surface area contributed by atoms with Gasteiger partial charge in [-0.25, -0.2) is 4.52 Å². The molecular formula is C17H20ClN3O4. The number of likely N-dealkylation sites (tertiary alicyclic amines) is 1. The molecule has 7 nitrogen and oxygen atoms in total. The Morgan fingerprint density at radius 2 is 2.20 bits per heavy atom. The number of hydrogen-bond donors (Lipinski definition) is 0. The molecule has 4 rings (SSSR count). The molecule has 0 saturated carbocycles. The third-order valence-electron chi connectivity index (χ3n) is 5.15. The number of carbonyl (C=O) groups excluding carboxylic acids is 2. The Morgan fingerprint density at radius 3 is 2.96 bits per heavy atom. The maximum atomic E-state index is 13.0. The number of rotatable bonds is 2. The number of amides is 1. The van der Waals surface area contributed by atoms with Crippen LogP contribution in [0, 0.1) is 18.3 Å². The van der Waals surface area contributed by atoms with Crippen molar-refractivity contribution in [3.63, 3.8) is 0 Å². The molecular weight excluding hydrogens is 346 g/mol. The van der Waals surface area contributed by atoms with Gasteiger partial charge in [-0.15, -0.1) is 12.4 Å². The first-order valence-corrected chi connectivity index (χ1v) is 7.94. The molecule has 0 spiro atoms. The molecule has 0 N–H and O–H groups in total. The monoisotopic (exact) mass is 365 g/mol. The molecule has 0 aliphatic carbocycles. The van der Waals surface area contributed by atoms with Gasteiger partial charge in [0.25, 0.3) is 5.91 Å². The van der Waals surface area contributed by atoms with E-state index in [2.05, 4.69) is 5.10 Å². The van der Waals surface area contributed by atoms with E-state index in [1.807, 2.05) is 25.3 Å². The molecule has 134 valence electrons. The third-order valence-corrected chi connectivity index (χ3v) is 5.15. The topological polar surface area (TPSA) is 73.1 Å². The van der Waals surface area contributed by atoms with Crippen LogP contribution in [-0.4, -0.2) is 59.8 Å². The van der Waals surface area contributed by atoms with E-state index in [1.54, 1.807) is 15.6 Å². The van der Waals surface area contributed by atoms with Crippen molar-refractivity contribution in [2.75, 3.05) is 33.4 Å². The van der Waals surface area contributed by atoms with Crippen LogP contribution in [0.3, 0.4) is 0 Å². The zero-order valence-corrected chi connectivity index (χ0v) is 14.9. The van der Waals surface area contributed by atoms with Gasteiger partial charge in [0, 0.05) is 25.2 Å². The Morgan fingerprint density at radius 1 is 1.40 bits per heavy atom. The first kappa shape index (κ1) is 17.7. The second-order valence-electron chi connectivity index (χ2n) is 6.64. The fourth-order valence-corrected chi connectivity index (χ4v) is 3.80. The summed E-state index contributed by atoms with van der Waals surface area (Å²) < 4.78 is 12.2. The van der Waals surface area contributed by atoms with Crippen molar-refractivity contribution in [1.82, 2.24) is 14.5 Å². The van der Waals surface area contributed by atoms with Gasteiger partial charge in [-0.1, -0.05) is 6.07 Å². The van der Waals surface area contributed by atoms with Crippen LogP contribution in [0.5, 0.6) is 0 Å². The molecule has 2 aromatic rings. The summed E-state index contributed by atoms with van der Waals surface area (Å²) in [7, 11) is 1.38. The zero-order chi connectivity index (χ0) is 16.9. The van der Waals surface area contributed by atoms with Crippen LogP contribution in [0.4, 0.5) is 0 Å². The van der Waals surface area contributed by atoms with Crippen LogP contribution in [0.1, 0.15) is 15.9 Å². The van der Waals surface area contributed by atoms with Crippen molar-refractivity contribution in [1.29, 1.82) is 0 Å². The van der Waals surface area contributed by atoms with Crippen molar-refractivity contribution in [2.45, 2.75) is 6.92 Å². The molecule has 8 heteroatoms. The molecule has 2 saturated heterocycles. The van der Waals surface area contributed by atoms with Gasteiger partial charge < -0.3 is 14.4 Å². The molecule has 2 fully saturated rings. The van der Waals surface area contributed by atoms with Gasteiger partial charge in [0.15, 0.2) is 0 Å². The fraction of sp³-hybridized carbons (Fsp3) is 0.471. The lowest BCUT2D eigenvalue weighted by Gasteiger charge is -2.23. The smallest absolute Gasteiger partial charge is 0.316 e. The van der Waals surface area contributed by atoms with Gasteiger partial charge in [-0.2, -0.15) is 5.10 Å². The minimum absolute atomic E-state index is 0. The van der Waals surface area contributed by atoms with Crippen molar-refractivity contribution >= 4 is 29.8 Å². The maximum Gasteiger partial charge on any atom is 0.316 e. The number of nitrogens with zero attached hydrogens (tertiary/aromatic N) is 3. The third kappa shape index (κ3) is 2.58. The van der Waals surface area contributed by atoms with Crippen LogP contribution < -0.4 is 0 Å². The predicted molar refractivity (Wildman–Crippen MR) is 91.8 cm³/mol. The number of methoxy groups -OCH3 is 1. The second kappa shape index (κ2) is 6.31. The lowest BCUT2D eigenvalue weighted by Crippen LogP contribution is -2.41. The summed E-state index contributed by atoms with van der Waals surface area (Å²) >= 11 is 0. The molecule has 0 radical (unpaired) electrons. The highest BCUT2D eigenvalue weighted by Gasteiger charge is 2.57. The van der Waals surface area contributed by atoms with Gasteiger partial charge in [-0.3, -0.25) is 9.59 Å². The number of esters is 1. The van der Waals surface area contributed by atoms with E-state index in [-0.39, 0.29) is 30.2 Å². The van der Waals surface area contributed by atoms with Crippen LogP contribution in [0.15, 0.2) is 24.5 Å². The lowest BCUT2D eigenvalue weighted by molar-refractivity contribution is -0.153. The van der Waals surface area contributed by atoms with Gasteiger partial charge >= 0.3 is 5.97 Å². The van der Waals surface area contributed by atoms with Gasteiger partial charge in [0.2, 0.25) is 0 Å². The molecule has 2 aliphatic heterocycles. The van der Waals surface area contributed by atoms with Crippen LogP contribution >= 0.6 is 12.4 Å². The Balaban J connectivity index is 0.00000182. The Bertz CT molecular complexity index is 836. The highest BCUT2D eigenvalue weighted by molar-refractivity contribution is 6.01. The Kier molecular flexibility index (Phi) is 4.47. The molecule has 2 atom stereocenters. The summed E-state index contributed by atoms with van der Waals surface area (Å²) in [5.41, 5.74) is 1.66. The normalized spacial score (nSPS) is 24.9. The summed E-state index contributed by atoms with van der Waals surface area (Å²) in [6.45, 7) is 3.59. The molecule has 25 heavy (non-hydrogen) atoms. The van der Waals surface area contributed by atoms with E-state index in [0.717, 1.165) is 11.1 Å². The predicted octanol–water partition coefficient (Wildman–Crippen LogP) is 1.33. The summed E-state index contributed by atoms with van der Waals surface area (Å²) in [6, 6.07) is 3.85. The quantitative estimate of drug-likeness (QED) is 0.751. The zero-order valence-electron chi connectivity index (χ0n) is 14.1. The molecule has 1 amide bonds. The number of aromatic nitrogens is 2. The van der Waals surface area contributed by atoms with E-state index in [0.29, 0.717) is 31.9 Å².